The van der Waals surface area contributed by atoms with Gasteiger partial charge in [0.25, 0.3) is 5.92 Å². The molecule has 2 amide bonds. The van der Waals surface area contributed by atoms with E-state index in [9.17, 15) is 23.5 Å². The number of ether oxygens (including phenoxy) is 2. The smallest absolute Gasteiger partial charge is 0.420 e. The molecule has 0 aliphatic carbocycles. The van der Waals surface area contributed by atoms with Gasteiger partial charge in [-0.15, -0.1) is 0 Å². The Morgan fingerprint density at radius 2 is 1.69 bits per heavy atom. The van der Waals surface area contributed by atoms with Gasteiger partial charge in [-0.3, -0.25) is 0 Å². The van der Waals surface area contributed by atoms with Crippen molar-refractivity contribution in [2.24, 2.45) is 11.7 Å². The van der Waals surface area contributed by atoms with E-state index in [2.05, 4.69) is 0 Å². The van der Waals surface area contributed by atoms with Gasteiger partial charge in [-0.05, 0) is 32.3 Å². The second-order valence-corrected chi connectivity index (χ2v) is 8.04. The summed E-state index contributed by atoms with van der Waals surface area (Å²) in [7, 11) is 0. The van der Waals surface area contributed by atoms with Gasteiger partial charge < -0.3 is 20.3 Å². The van der Waals surface area contributed by atoms with Crippen LogP contribution in [0.25, 0.3) is 0 Å². The van der Waals surface area contributed by atoms with Crippen molar-refractivity contribution in [2.45, 2.75) is 64.9 Å². The number of nitrogens with two attached hydrogens (primary N) is 1. The Hall–Kier alpha value is -2.26. The molecule has 1 rings (SSSR count). The summed E-state index contributed by atoms with van der Waals surface area (Å²) in [6.45, 7) is 6.32. The van der Waals surface area contributed by atoms with E-state index in [1.54, 1.807) is 51.1 Å². The number of hydrogen-bond acceptors (Lipinski definition) is 6. The fraction of sp³-hybridized carbons (Fsp3) is 0.600. The zero-order valence-electron chi connectivity index (χ0n) is 17.4. The normalized spacial score (nSPS) is 14.3. The average Bonchev–Trinajstić information content (AvgIpc) is 2.62. The molecule has 0 spiro atoms. The van der Waals surface area contributed by atoms with E-state index in [4.69, 9.17) is 15.2 Å². The van der Waals surface area contributed by atoms with Crippen LogP contribution < -0.4 is 5.73 Å². The Bertz CT molecular complexity index is 677. The van der Waals surface area contributed by atoms with Crippen molar-refractivity contribution in [2.75, 3.05) is 6.54 Å². The number of rotatable bonds is 7. The lowest BCUT2D eigenvalue weighted by Crippen LogP contribution is -2.60. The maximum absolute atomic E-state index is 14.1. The first-order chi connectivity index (χ1) is 13.3. The van der Waals surface area contributed by atoms with E-state index in [1.165, 1.54) is 13.8 Å². The van der Waals surface area contributed by atoms with Crippen molar-refractivity contribution >= 4 is 12.2 Å². The molecule has 1 aromatic rings. The molecule has 2 atom stereocenters. The molecular formula is C20H30F2N2O5. The van der Waals surface area contributed by atoms with Crippen molar-refractivity contribution < 1.29 is 33.0 Å². The number of carbonyl (C=O) groups excluding carboxylic acids is 2. The molecule has 0 aliphatic rings. The summed E-state index contributed by atoms with van der Waals surface area (Å²) in [6, 6.07) is 7.02. The number of carbonyl (C=O) groups is 2. The van der Waals surface area contributed by atoms with Crippen LogP contribution in [-0.4, -0.2) is 52.4 Å². The lowest BCUT2D eigenvalue weighted by molar-refractivity contribution is -0.135. The molecule has 0 aromatic heterocycles. The Kier molecular flexibility index (Phi) is 8.52. The molecule has 0 fully saturated rings. The molecule has 7 nitrogen and oxygen atoms in total. The third kappa shape index (κ3) is 7.25. The molecule has 1 aromatic carbocycles. The van der Waals surface area contributed by atoms with Gasteiger partial charge in [-0.25, -0.2) is 23.3 Å². The summed E-state index contributed by atoms with van der Waals surface area (Å²) in [5.74, 6) is -4.46. The average molecular weight is 416 g/mol. The van der Waals surface area contributed by atoms with Gasteiger partial charge in [-0.1, -0.05) is 44.2 Å². The molecular weight excluding hydrogens is 386 g/mol. The molecule has 3 N–H and O–H groups in total. The van der Waals surface area contributed by atoms with E-state index in [0.29, 0.717) is 10.5 Å². The van der Waals surface area contributed by atoms with Gasteiger partial charge in [0, 0.05) is 0 Å². The number of alkyl halides is 2. The minimum atomic E-state index is -3.73. The van der Waals surface area contributed by atoms with E-state index in [1.807, 2.05) is 0 Å². The van der Waals surface area contributed by atoms with E-state index in [-0.39, 0.29) is 6.61 Å². The lowest BCUT2D eigenvalue weighted by Gasteiger charge is -2.38. The lowest BCUT2D eigenvalue weighted by atomic mass is 9.93. The van der Waals surface area contributed by atoms with E-state index < -0.39 is 48.3 Å². The number of nitrogens with zero attached hydrogens (tertiary/aromatic N) is 1. The predicted octanol–water partition coefficient (Wildman–Crippen LogP) is 3.54. The molecule has 0 saturated heterocycles. The van der Waals surface area contributed by atoms with Gasteiger partial charge in [0.15, 0.2) is 0 Å². The minimum Gasteiger partial charge on any atom is -0.444 e. The van der Waals surface area contributed by atoms with E-state index in [0.717, 1.165) is 0 Å². The van der Waals surface area contributed by atoms with Crippen LogP contribution in [0.2, 0.25) is 0 Å². The number of aliphatic hydroxyl groups is 1. The number of aliphatic hydroxyl groups excluding tert-OH is 1. The van der Waals surface area contributed by atoms with Crippen LogP contribution in [0.3, 0.4) is 0 Å². The van der Waals surface area contributed by atoms with Gasteiger partial charge >= 0.3 is 12.2 Å². The minimum absolute atomic E-state index is 0.187. The fourth-order valence-corrected chi connectivity index (χ4v) is 2.59. The summed E-state index contributed by atoms with van der Waals surface area (Å²) in [6.07, 6.45) is -4.79. The van der Waals surface area contributed by atoms with Crippen LogP contribution in [0.4, 0.5) is 18.4 Å². The number of halogens is 2. The van der Waals surface area contributed by atoms with Crippen LogP contribution in [0.1, 0.15) is 40.2 Å². The second kappa shape index (κ2) is 9.98. The molecule has 0 aliphatic heterocycles. The molecule has 0 heterocycles. The van der Waals surface area contributed by atoms with Gasteiger partial charge in [0.2, 0.25) is 0 Å². The Labute approximate surface area is 169 Å². The quantitative estimate of drug-likeness (QED) is 0.705. The maximum Gasteiger partial charge on any atom is 0.420 e. The number of amides is 2. The summed E-state index contributed by atoms with van der Waals surface area (Å²) in [5, 5.41) is 10.3. The molecule has 164 valence electrons. The largest absolute Gasteiger partial charge is 0.444 e. The van der Waals surface area contributed by atoms with Crippen LogP contribution in [0.15, 0.2) is 30.3 Å². The molecule has 9 heteroatoms. The first-order valence-corrected chi connectivity index (χ1v) is 9.29. The van der Waals surface area contributed by atoms with Crippen molar-refractivity contribution in [1.82, 2.24) is 4.90 Å². The molecule has 0 bridgehead atoms. The fourth-order valence-electron chi connectivity index (χ4n) is 2.59. The number of benzene rings is 1. The van der Waals surface area contributed by atoms with Crippen LogP contribution in [-0.2, 0) is 16.1 Å². The zero-order valence-corrected chi connectivity index (χ0v) is 17.4. The third-order valence-corrected chi connectivity index (χ3v) is 4.00. The van der Waals surface area contributed by atoms with Crippen LogP contribution >= 0.6 is 0 Å². The Morgan fingerprint density at radius 3 is 2.14 bits per heavy atom. The number of hydrogen-bond donors (Lipinski definition) is 2. The first-order valence-electron chi connectivity index (χ1n) is 9.29. The van der Waals surface area contributed by atoms with Crippen LogP contribution in [0, 0.1) is 5.92 Å². The molecule has 0 radical (unpaired) electrons. The van der Waals surface area contributed by atoms with Gasteiger partial charge in [0.1, 0.15) is 18.3 Å². The van der Waals surface area contributed by atoms with Crippen molar-refractivity contribution in [3.63, 3.8) is 0 Å². The highest BCUT2D eigenvalue weighted by molar-refractivity contribution is 5.88. The monoisotopic (exact) mass is 416 g/mol. The highest BCUT2D eigenvalue weighted by Crippen LogP contribution is 2.29. The highest BCUT2D eigenvalue weighted by Gasteiger charge is 2.49. The second-order valence-electron chi connectivity index (χ2n) is 8.04. The van der Waals surface area contributed by atoms with Gasteiger partial charge in [-0.2, -0.15) is 0 Å². The predicted molar refractivity (Wildman–Crippen MR) is 103 cm³/mol. The Balaban J connectivity index is 3.22. The maximum atomic E-state index is 14.1. The molecule has 2 unspecified atom stereocenters. The molecule has 29 heavy (non-hydrogen) atoms. The SMILES string of the molecule is CC(C)C(C(O)C(F)(F)CN)N(C(=O)OCc1ccccc1)C(=O)OC(C)(C)C. The number of imide groups is 1. The third-order valence-electron chi connectivity index (χ3n) is 4.00. The summed E-state index contributed by atoms with van der Waals surface area (Å²) in [5.41, 5.74) is 4.71. The van der Waals surface area contributed by atoms with Crippen LogP contribution in [0.5, 0.6) is 0 Å². The highest BCUT2D eigenvalue weighted by atomic mass is 19.3. The molecule has 0 saturated carbocycles. The summed E-state index contributed by atoms with van der Waals surface area (Å²) in [4.78, 5) is 25.8. The van der Waals surface area contributed by atoms with Crippen molar-refractivity contribution in [3.8, 4) is 0 Å². The standard InChI is InChI=1S/C20H30F2N2O5/c1-13(2)15(16(25)20(21,22)12-23)24(18(27)29-19(3,4)5)17(26)28-11-14-9-7-6-8-10-14/h6-10,13,15-16,25H,11-12,23H2,1-5H3. The zero-order chi connectivity index (χ0) is 22.4. The first kappa shape index (κ1) is 24.8. The van der Waals surface area contributed by atoms with Crippen molar-refractivity contribution in [3.05, 3.63) is 35.9 Å². The van der Waals surface area contributed by atoms with E-state index >= 15 is 0 Å². The summed E-state index contributed by atoms with van der Waals surface area (Å²) >= 11 is 0. The topological polar surface area (TPSA) is 102 Å². The Morgan fingerprint density at radius 1 is 1.14 bits per heavy atom. The van der Waals surface area contributed by atoms with Gasteiger partial charge in [0.05, 0.1) is 12.6 Å². The summed E-state index contributed by atoms with van der Waals surface area (Å²) < 4.78 is 38.6. The van der Waals surface area contributed by atoms with Crippen molar-refractivity contribution in [1.29, 1.82) is 0 Å².